The molecular weight excluding hydrogens is 170 g/mol. The predicted molar refractivity (Wildman–Crippen MR) is 50.0 cm³/mol. The van der Waals surface area contributed by atoms with Crippen LogP contribution < -0.4 is 16.6 Å². The van der Waals surface area contributed by atoms with Gasteiger partial charge in [0.15, 0.2) is 0 Å². The molecule has 0 fully saturated rings. The molecule has 5 heteroatoms. The minimum absolute atomic E-state index is 0.137. The van der Waals surface area contributed by atoms with Crippen LogP contribution in [0.4, 0.5) is 0 Å². The number of aromatic nitrogens is 2. The molecule has 0 amide bonds. The van der Waals surface area contributed by atoms with Crippen LogP contribution in [0.3, 0.4) is 0 Å². The maximum Gasteiger partial charge on any atom is 0.328 e. The van der Waals surface area contributed by atoms with Crippen molar-refractivity contribution in [3.63, 3.8) is 0 Å². The first-order valence-corrected chi connectivity index (χ1v) is 4.11. The van der Waals surface area contributed by atoms with Crippen molar-refractivity contribution in [2.45, 2.75) is 13.0 Å². The number of likely N-dealkylation sites (N-methyl/N-ethyl adjacent to an activating group) is 1. The predicted octanol–water partition coefficient (Wildman–Crippen LogP) is -0.683. The highest BCUT2D eigenvalue weighted by molar-refractivity contribution is 4.85. The molecule has 1 heterocycles. The average molecular weight is 183 g/mol. The Morgan fingerprint density at radius 1 is 1.62 bits per heavy atom. The molecule has 1 aromatic rings. The Morgan fingerprint density at radius 3 is 2.85 bits per heavy atom. The first-order valence-electron chi connectivity index (χ1n) is 4.11. The molecule has 0 aliphatic carbocycles. The quantitative estimate of drug-likeness (QED) is 0.652. The molecule has 72 valence electrons. The van der Waals surface area contributed by atoms with E-state index >= 15 is 0 Å². The van der Waals surface area contributed by atoms with E-state index in [-0.39, 0.29) is 17.3 Å². The van der Waals surface area contributed by atoms with E-state index in [1.165, 1.54) is 16.8 Å². The standard InChI is InChI=1S/C8H13N3O2/c1-6(5-9-2)11-7(12)3-4-10-8(11)13/h3-4,6,9H,5H2,1-2H3,(H,10,13). The molecule has 0 aliphatic heterocycles. The number of hydrogen-bond acceptors (Lipinski definition) is 3. The van der Waals surface area contributed by atoms with Crippen molar-refractivity contribution in [1.29, 1.82) is 0 Å². The molecule has 0 saturated carbocycles. The number of hydrogen-bond donors (Lipinski definition) is 2. The number of H-pyrrole nitrogens is 1. The normalized spacial score (nSPS) is 12.8. The van der Waals surface area contributed by atoms with Gasteiger partial charge in [0.25, 0.3) is 5.56 Å². The summed E-state index contributed by atoms with van der Waals surface area (Å²) in [5.41, 5.74) is -0.637. The van der Waals surface area contributed by atoms with Crippen molar-refractivity contribution in [1.82, 2.24) is 14.9 Å². The van der Waals surface area contributed by atoms with E-state index in [2.05, 4.69) is 10.3 Å². The van der Waals surface area contributed by atoms with E-state index in [1.807, 2.05) is 6.92 Å². The molecule has 0 bridgehead atoms. The van der Waals surface area contributed by atoms with Gasteiger partial charge in [0.05, 0.1) is 6.04 Å². The number of nitrogens with one attached hydrogen (secondary N) is 2. The smallest absolute Gasteiger partial charge is 0.318 e. The molecule has 13 heavy (non-hydrogen) atoms. The number of aromatic amines is 1. The first kappa shape index (κ1) is 9.73. The molecule has 0 aliphatic rings. The van der Waals surface area contributed by atoms with Crippen molar-refractivity contribution >= 4 is 0 Å². The average Bonchev–Trinajstić information content (AvgIpc) is 2.04. The lowest BCUT2D eigenvalue weighted by Gasteiger charge is -2.11. The summed E-state index contributed by atoms with van der Waals surface area (Å²) in [7, 11) is 1.78. The van der Waals surface area contributed by atoms with Gasteiger partial charge in [-0.2, -0.15) is 0 Å². The van der Waals surface area contributed by atoms with E-state index in [0.29, 0.717) is 6.54 Å². The van der Waals surface area contributed by atoms with Gasteiger partial charge in [0, 0.05) is 18.8 Å². The van der Waals surface area contributed by atoms with Crippen LogP contribution in [0, 0.1) is 0 Å². The molecule has 1 rings (SSSR count). The largest absolute Gasteiger partial charge is 0.328 e. The number of nitrogens with zero attached hydrogens (tertiary/aromatic N) is 1. The van der Waals surface area contributed by atoms with Crippen LogP contribution in [-0.4, -0.2) is 23.1 Å². The van der Waals surface area contributed by atoms with Crippen LogP contribution in [0.25, 0.3) is 0 Å². The van der Waals surface area contributed by atoms with E-state index < -0.39 is 0 Å². The van der Waals surface area contributed by atoms with Crippen molar-refractivity contribution in [3.8, 4) is 0 Å². The van der Waals surface area contributed by atoms with Gasteiger partial charge in [0.1, 0.15) is 0 Å². The Bertz CT molecular complexity index is 351. The highest BCUT2D eigenvalue weighted by Gasteiger charge is 2.07. The molecule has 2 N–H and O–H groups in total. The fraction of sp³-hybridized carbons (Fsp3) is 0.500. The Labute approximate surface area is 75.4 Å². The van der Waals surface area contributed by atoms with Gasteiger partial charge in [-0.25, -0.2) is 4.79 Å². The Balaban J connectivity index is 3.13. The highest BCUT2D eigenvalue weighted by atomic mass is 16.2. The van der Waals surface area contributed by atoms with Gasteiger partial charge in [-0.3, -0.25) is 9.36 Å². The Kier molecular flexibility index (Phi) is 3.02. The van der Waals surface area contributed by atoms with Gasteiger partial charge in [0.2, 0.25) is 0 Å². The SMILES string of the molecule is CNCC(C)n1c(=O)cc[nH]c1=O. The summed E-state index contributed by atoms with van der Waals surface area (Å²) in [5.74, 6) is 0. The van der Waals surface area contributed by atoms with E-state index in [4.69, 9.17) is 0 Å². The van der Waals surface area contributed by atoms with Crippen LogP contribution in [0.1, 0.15) is 13.0 Å². The zero-order chi connectivity index (χ0) is 9.84. The zero-order valence-electron chi connectivity index (χ0n) is 7.70. The second-order valence-corrected chi connectivity index (χ2v) is 2.90. The van der Waals surface area contributed by atoms with Crippen molar-refractivity contribution in [3.05, 3.63) is 33.1 Å². The molecule has 0 radical (unpaired) electrons. The van der Waals surface area contributed by atoms with Crippen molar-refractivity contribution < 1.29 is 0 Å². The number of rotatable bonds is 3. The summed E-state index contributed by atoms with van der Waals surface area (Å²) in [4.78, 5) is 25.0. The fourth-order valence-corrected chi connectivity index (χ4v) is 1.24. The molecule has 0 aromatic carbocycles. The first-order chi connectivity index (χ1) is 6.16. The third-order valence-electron chi connectivity index (χ3n) is 1.83. The summed E-state index contributed by atoms with van der Waals surface area (Å²) in [5, 5.41) is 2.91. The Morgan fingerprint density at radius 2 is 2.31 bits per heavy atom. The summed E-state index contributed by atoms with van der Waals surface area (Å²) in [6.07, 6.45) is 1.35. The molecule has 0 saturated heterocycles. The molecule has 1 aromatic heterocycles. The van der Waals surface area contributed by atoms with Crippen LogP contribution in [-0.2, 0) is 0 Å². The van der Waals surface area contributed by atoms with Gasteiger partial charge in [-0.15, -0.1) is 0 Å². The summed E-state index contributed by atoms with van der Waals surface area (Å²) < 4.78 is 1.19. The second-order valence-electron chi connectivity index (χ2n) is 2.90. The topological polar surface area (TPSA) is 66.9 Å². The molecule has 5 nitrogen and oxygen atoms in total. The lowest BCUT2D eigenvalue weighted by Crippen LogP contribution is -2.39. The van der Waals surface area contributed by atoms with Crippen molar-refractivity contribution in [2.75, 3.05) is 13.6 Å². The lowest BCUT2D eigenvalue weighted by atomic mass is 10.3. The second kappa shape index (κ2) is 4.04. The summed E-state index contributed by atoms with van der Waals surface area (Å²) in [6.45, 7) is 2.40. The summed E-state index contributed by atoms with van der Waals surface area (Å²) >= 11 is 0. The van der Waals surface area contributed by atoms with E-state index in [0.717, 1.165) is 0 Å². The maximum absolute atomic E-state index is 11.3. The lowest BCUT2D eigenvalue weighted by molar-refractivity contribution is 0.482. The van der Waals surface area contributed by atoms with E-state index in [1.54, 1.807) is 7.05 Å². The highest BCUT2D eigenvalue weighted by Crippen LogP contribution is 1.93. The monoisotopic (exact) mass is 183 g/mol. The molecule has 1 atom stereocenters. The van der Waals surface area contributed by atoms with Crippen LogP contribution in [0.15, 0.2) is 21.9 Å². The molecular formula is C8H13N3O2. The molecule has 0 spiro atoms. The van der Waals surface area contributed by atoms with Crippen molar-refractivity contribution in [2.24, 2.45) is 0 Å². The minimum atomic E-state index is -0.366. The Hall–Kier alpha value is -1.36. The maximum atomic E-state index is 11.3. The third-order valence-corrected chi connectivity index (χ3v) is 1.83. The fourth-order valence-electron chi connectivity index (χ4n) is 1.24. The minimum Gasteiger partial charge on any atom is -0.318 e. The third kappa shape index (κ3) is 2.06. The van der Waals surface area contributed by atoms with Crippen LogP contribution in [0.2, 0.25) is 0 Å². The van der Waals surface area contributed by atoms with Crippen LogP contribution in [0.5, 0.6) is 0 Å². The molecule has 1 unspecified atom stereocenters. The van der Waals surface area contributed by atoms with Gasteiger partial charge < -0.3 is 10.3 Å². The van der Waals surface area contributed by atoms with Crippen LogP contribution >= 0.6 is 0 Å². The van der Waals surface area contributed by atoms with Gasteiger partial charge in [-0.1, -0.05) is 0 Å². The van der Waals surface area contributed by atoms with Gasteiger partial charge >= 0.3 is 5.69 Å². The summed E-state index contributed by atoms with van der Waals surface area (Å²) in [6, 6.07) is 1.20. The van der Waals surface area contributed by atoms with Gasteiger partial charge in [-0.05, 0) is 14.0 Å². The van der Waals surface area contributed by atoms with E-state index in [9.17, 15) is 9.59 Å². The zero-order valence-corrected chi connectivity index (χ0v) is 7.70.